The van der Waals surface area contributed by atoms with Gasteiger partial charge in [0.15, 0.2) is 5.76 Å². The molecule has 0 bridgehead atoms. The minimum absolute atomic E-state index is 0.142. The summed E-state index contributed by atoms with van der Waals surface area (Å²) in [6.45, 7) is 0.632. The van der Waals surface area contributed by atoms with Gasteiger partial charge in [-0.2, -0.15) is 0 Å². The van der Waals surface area contributed by atoms with Crippen molar-refractivity contribution in [1.29, 1.82) is 0 Å². The Morgan fingerprint density at radius 3 is 2.62 bits per heavy atom. The van der Waals surface area contributed by atoms with Crippen LogP contribution in [0.1, 0.15) is 10.6 Å². The number of furan rings is 1. The molecular weight excluding hydrogens is 357 g/mol. The highest BCUT2D eigenvalue weighted by atomic mass is 35.5. The van der Waals surface area contributed by atoms with E-state index in [0.29, 0.717) is 28.6 Å². The highest BCUT2D eigenvalue weighted by Crippen LogP contribution is 2.25. The van der Waals surface area contributed by atoms with Gasteiger partial charge in [-0.1, -0.05) is 35.9 Å². The Balaban J connectivity index is 1.61. The molecule has 0 radical (unpaired) electrons. The van der Waals surface area contributed by atoms with Crippen LogP contribution in [0.4, 0.5) is 4.39 Å². The molecule has 0 saturated heterocycles. The van der Waals surface area contributed by atoms with Crippen LogP contribution in [0.3, 0.4) is 0 Å². The smallest absolute Gasteiger partial charge is 0.289 e. The molecule has 4 nitrogen and oxygen atoms in total. The molecule has 0 aliphatic carbocycles. The largest absolute Gasteiger partial charge is 0.490 e. The van der Waals surface area contributed by atoms with Gasteiger partial charge >= 0.3 is 0 Å². The number of carbonyl (C=O) groups is 1. The van der Waals surface area contributed by atoms with Crippen molar-refractivity contribution in [3.05, 3.63) is 77.3 Å². The second kappa shape index (κ2) is 8.06. The second-order valence-electron chi connectivity index (χ2n) is 5.65. The molecule has 0 unspecified atom stereocenters. The first-order chi connectivity index (χ1) is 12.6. The zero-order valence-electron chi connectivity index (χ0n) is 14.1. The summed E-state index contributed by atoms with van der Waals surface area (Å²) in [5.41, 5.74) is 0.316. The fourth-order valence-corrected chi connectivity index (χ4v) is 2.59. The molecule has 0 aliphatic rings. The van der Waals surface area contributed by atoms with Gasteiger partial charge in [-0.15, -0.1) is 0 Å². The second-order valence-corrected chi connectivity index (χ2v) is 6.06. The van der Waals surface area contributed by atoms with Gasteiger partial charge in [-0.05, 0) is 36.4 Å². The van der Waals surface area contributed by atoms with Gasteiger partial charge in [0.2, 0.25) is 0 Å². The Morgan fingerprint density at radius 1 is 1.12 bits per heavy atom. The van der Waals surface area contributed by atoms with Crippen molar-refractivity contribution < 1.29 is 18.3 Å². The standard InChI is InChI=1S/C20H17ClFNO3/c1-23(12-13-25-18-9-5-3-7-15(18)21)20(24)19-11-10-17(26-19)14-6-2-4-8-16(14)22/h2-11H,12-13H2,1H3. The summed E-state index contributed by atoms with van der Waals surface area (Å²) in [6, 6.07) is 16.5. The lowest BCUT2D eigenvalue weighted by atomic mass is 10.1. The van der Waals surface area contributed by atoms with Crippen LogP contribution in [0.15, 0.2) is 65.1 Å². The minimum Gasteiger partial charge on any atom is -0.490 e. The number of hydrogen-bond acceptors (Lipinski definition) is 3. The summed E-state index contributed by atoms with van der Waals surface area (Å²) in [7, 11) is 1.64. The summed E-state index contributed by atoms with van der Waals surface area (Å²) in [6.07, 6.45) is 0. The van der Waals surface area contributed by atoms with E-state index in [1.807, 2.05) is 12.1 Å². The van der Waals surface area contributed by atoms with Crippen LogP contribution < -0.4 is 4.74 Å². The van der Waals surface area contributed by atoms with Gasteiger partial charge in [0, 0.05) is 7.05 Å². The van der Waals surface area contributed by atoms with E-state index in [-0.39, 0.29) is 18.3 Å². The van der Waals surface area contributed by atoms with Crippen LogP contribution in [0, 0.1) is 5.82 Å². The van der Waals surface area contributed by atoms with Gasteiger partial charge < -0.3 is 14.1 Å². The molecule has 3 aromatic rings. The topological polar surface area (TPSA) is 42.7 Å². The number of ether oxygens (including phenoxy) is 1. The molecule has 6 heteroatoms. The highest BCUT2D eigenvalue weighted by Gasteiger charge is 2.18. The lowest BCUT2D eigenvalue weighted by Gasteiger charge is -2.16. The first-order valence-corrected chi connectivity index (χ1v) is 8.41. The number of hydrogen-bond donors (Lipinski definition) is 0. The van der Waals surface area contributed by atoms with Gasteiger partial charge in [0.25, 0.3) is 5.91 Å². The summed E-state index contributed by atoms with van der Waals surface area (Å²) >= 11 is 6.02. The Kier molecular flexibility index (Phi) is 5.58. The summed E-state index contributed by atoms with van der Waals surface area (Å²) in [5, 5.41) is 0.516. The van der Waals surface area contributed by atoms with E-state index in [4.69, 9.17) is 20.8 Å². The number of likely N-dealkylation sites (N-methyl/N-ethyl adjacent to an activating group) is 1. The van der Waals surface area contributed by atoms with E-state index in [0.717, 1.165) is 0 Å². The maximum absolute atomic E-state index is 13.8. The molecule has 0 saturated carbocycles. The van der Waals surface area contributed by atoms with Crippen molar-refractivity contribution in [3.63, 3.8) is 0 Å². The molecule has 134 valence electrons. The minimum atomic E-state index is -0.401. The van der Waals surface area contributed by atoms with E-state index in [2.05, 4.69) is 0 Å². The lowest BCUT2D eigenvalue weighted by molar-refractivity contribution is 0.0743. The number of halogens is 2. The predicted octanol–water partition coefficient (Wildman–Crippen LogP) is 4.89. The fourth-order valence-electron chi connectivity index (χ4n) is 2.40. The average Bonchev–Trinajstić information content (AvgIpc) is 3.12. The van der Waals surface area contributed by atoms with Crippen LogP contribution in [0.25, 0.3) is 11.3 Å². The van der Waals surface area contributed by atoms with Crippen LogP contribution in [0.5, 0.6) is 5.75 Å². The molecule has 2 aromatic carbocycles. The molecule has 0 spiro atoms. The normalized spacial score (nSPS) is 10.6. The number of benzene rings is 2. The summed E-state index contributed by atoms with van der Waals surface area (Å²) < 4.78 is 24.9. The van der Waals surface area contributed by atoms with E-state index < -0.39 is 5.82 Å². The maximum Gasteiger partial charge on any atom is 0.289 e. The maximum atomic E-state index is 13.8. The fraction of sp³-hybridized carbons (Fsp3) is 0.150. The predicted molar refractivity (Wildman–Crippen MR) is 98.0 cm³/mol. The molecule has 0 N–H and O–H groups in total. The van der Waals surface area contributed by atoms with Crippen molar-refractivity contribution in [1.82, 2.24) is 4.90 Å². The zero-order valence-corrected chi connectivity index (χ0v) is 14.9. The monoisotopic (exact) mass is 373 g/mol. The molecule has 1 aromatic heterocycles. The SMILES string of the molecule is CN(CCOc1ccccc1Cl)C(=O)c1ccc(-c2ccccc2F)o1. The quantitative estimate of drug-likeness (QED) is 0.617. The van der Waals surface area contributed by atoms with Gasteiger partial charge in [-0.3, -0.25) is 4.79 Å². The highest BCUT2D eigenvalue weighted by molar-refractivity contribution is 6.32. The van der Waals surface area contributed by atoms with Crippen molar-refractivity contribution in [2.45, 2.75) is 0 Å². The first kappa shape index (κ1) is 18.0. The van der Waals surface area contributed by atoms with Crippen molar-refractivity contribution in [3.8, 4) is 17.1 Å². The molecule has 1 heterocycles. The van der Waals surface area contributed by atoms with E-state index in [9.17, 15) is 9.18 Å². The van der Waals surface area contributed by atoms with Gasteiger partial charge in [0.05, 0.1) is 17.1 Å². The van der Waals surface area contributed by atoms with Crippen molar-refractivity contribution in [2.75, 3.05) is 20.2 Å². The zero-order chi connectivity index (χ0) is 18.5. The van der Waals surface area contributed by atoms with Gasteiger partial charge in [-0.25, -0.2) is 4.39 Å². The number of carbonyl (C=O) groups excluding carboxylic acids is 1. The van der Waals surface area contributed by atoms with Crippen LogP contribution in [-0.4, -0.2) is 31.0 Å². The third kappa shape index (κ3) is 4.06. The Morgan fingerprint density at radius 2 is 1.85 bits per heavy atom. The number of rotatable bonds is 6. The molecular formula is C20H17ClFNO3. The first-order valence-electron chi connectivity index (χ1n) is 8.04. The summed E-state index contributed by atoms with van der Waals surface area (Å²) in [5.74, 6) is 0.309. The van der Waals surface area contributed by atoms with Gasteiger partial charge in [0.1, 0.15) is 23.9 Å². The molecule has 3 rings (SSSR count). The number of amides is 1. The Hall–Kier alpha value is -2.79. The third-order valence-corrected chi connectivity index (χ3v) is 4.14. The van der Waals surface area contributed by atoms with E-state index in [1.165, 1.54) is 17.0 Å². The molecule has 0 atom stereocenters. The molecule has 0 aliphatic heterocycles. The number of para-hydroxylation sites is 1. The Bertz CT molecular complexity index is 909. The van der Waals surface area contributed by atoms with E-state index in [1.54, 1.807) is 43.4 Å². The molecule has 1 amide bonds. The van der Waals surface area contributed by atoms with Crippen molar-refractivity contribution >= 4 is 17.5 Å². The number of nitrogens with zero attached hydrogens (tertiary/aromatic N) is 1. The third-order valence-electron chi connectivity index (χ3n) is 3.82. The average molecular weight is 374 g/mol. The van der Waals surface area contributed by atoms with Crippen LogP contribution in [-0.2, 0) is 0 Å². The van der Waals surface area contributed by atoms with Crippen LogP contribution in [0.2, 0.25) is 5.02 Å². The lowest BCUT2D eigenvalue weighted by Crippen LogP contribution is -2.30. The molecule has 0 fully saturated rings. The Labute approximate surface area is 155 Å². The van der Waals surface area contributed by atoms with E-state index >= 15 is 0 Å². The van der Waals surface area contributed by atoms with Crippen molar-refractivity contribution in [2.24, 2.45) is 0 Å². The van der Waals surface area contributed by atoms with Crippen LogP contribution >= 0.6 is 11.6 Å². The summed E-state index contributed by atoms with van der Waals surface area (Å²) in [4.78, 5) is 13.9. The molecule has 26 heavy (non-hydrogen) atoms.